The molecule has 4 rings (SSSR count). The summed E-state index contributed by atoms with van der Waals surface area (Å²) in [5, 5.41) is 2.25. The van der Waals surface area contributed by atoms with Crippen molar-refractivity contribution in [2.24, 2.45) is 0 Å². The quantitative estimate of drug-likeness (QED) is 0.275. The number of amides is 3. The van der Waals surface area contributed by atoms with Crippen LogP contribution in [-0.2, 0) is 9.59 Å². The fourth-order valence-electron chi connectivity index (χ4n) is 3.87. The number of aromatic nitrogens is 1. The second-order valence-electron chi connectivity index (χ2n) is 7.92. The van der Waals surface area contributed by atoms with E-state index in [-0.39, 0.29) is 6.54 Å². The number of thioether (sulfide) groups is 1. The van der Waals surface area contributed by atoms with Crippen molar-refractivity contribution >= 4 is 63.2 Å². The van der Waals surface area contributed by atoms with E-state index in [0.717, 1.165) is 42.9 Å². The van der Waals surface area contributed by atoms with Crippen LogP contribution in [-0.4, -0.2) is 39.7 Å². The molecule has 0 bridgehead atoms. The van der Waals surface area contributed by atoms with Crippen molar-refractivity contribution in [3.8, 4) is 11.4 Å². The van der Waals surface area contributed by atoms with Gasteiger partial charge in [0.2, 0.25) is 5.91 Å². The van der Waals surface area contributed by atoms with E-state index in [1.807, 2.05) is 45.0 Å². The number of carbonyl (C=O) groups is 3. The van der Waals surface area contributed by atoms with Gasteiger partial charge in [0.15, 0.2) is 0 Å². The highest BCUT2D eigenvalue weighted by atomic mass is 127. The van der Waals surface area contributed by atoms with E-state index in [4.69, 9.17) is 4.74 Å². The first-order valence-electron chi connectivity index (χ1n) is 11.0. The third kappa shape index (κ3) is 5.62. The number of anilines is 1. The van der Waals surface area contributed by atoms with Gasteiger partial charge in [0, 0.05) is 26.3 Å². The summed E-state index contributed by atoms with van der Waals surface area (Å²) in [6, 6.07) is 17.0. The lowest BCUT2D eigenvalue weighted by atomic mass is 10.2. The smallest absolute Gasteiger partial charge is 0.294 e. The molecule has 1 aliphatic heterocycles. The van der Waals surface area contributed by atoms with Crippen LogP contribution < -0.4 is 10.1 Å². The molecule has 0 spiro atoms. The number of carbonyl (C=O) groups excluding carboxylic acids is 3. The summed E-state index contributed by atoms with van der Waals surface area (Å²) < 4.78 is 8.63. The average molecular weight is 601 g/mol. The summed E-state index contributed by atoms with van der Waals surface area (Å²) >= 11 is 3.12. The first-order valence-corrected chi connectivity index (χ1v) is 12.9. The molecule has 3 aromatic rings. The monoisotopic (exact) mass is 601 g/mol. The van der Waals surface area contributed by atoms with Crippen LogP contribution in [0.1, 0.15) is 23.9 Å². The van der Waals surface area contributed by atoms with Gasteiger partial charge in [-0.25, -0.2) is 0 Å². The van der Waals surface area contributed by atoms with Gasteiger partial charge in [0.25, 0.3) is 11.1 Å². The molecule has 0 radical (unpaired) electrons. The van der Waals surface area contributed by atoms with Crippen molar-refractivity contribution < 1.29 is 19.1 Å². The van der Waals surface area contributed by atoms with Gasteiger partial charge in [-0.1, -0.05) is 6.07 Å². The molecule has 1 aromatic heterocycles. The molecule has 2 aromatic carbocycles. The average Bonchev–Trinajstić information content (AvgIpc) is 3.24. The molecule has 1 N–H and O–H groups in total. The summed E-state index contributed by atoms with van der Waals surface area (Å²) in [7, 11) is 0. The van der Waals surface area contributed by atoms with E-state index >= 15 is 0 Å². The standard InChI is InChI=1S/C26H24IN3O4S/c1-4-34-22-10-8-20(9-11-22)28-24(31)15-29-25(32)23(35-26(29)33)13-18-12-16(2)30(17(18)3)21-7-5-6-19(27)14-21/h5-14H,4,15H2,1-3H3,(H,28,31)/b23-13+. The zero-order chi connectivity index (χ0) is 25.1. The molecule has 2 heterocycles. The Bertz CT molecular complexity index is 1330. The molecule has 0 unspecified atom stereocenters. The van der Waals surface area contributed by atoms with Gasteiger partial charge in [-0.15, -0.1) is 0 Å². The number of hydrogen-bond acceptors (Lipinski definition) is 5. The summed E-state index contributed by atoms with van der Waals surface area (Å²) in [6.45, 7) is 6.07. The number of benzene rings is 2. The van der Waals surface area contributed by atoms with Crippen molar-refractivity contribution in [3.05, 3.63) is 80.0 Å². The number of rotatable bonds is 7. The number of hydrogen-bond donors (Lipinski definition) is 1. The van der Waals surface area contributed by atoms with E-state index < -0.39 is 17.1 Å². The minimum atomic E-state index is -0.471. The Morgan fingerprint density at radius 1 is 1.11 bits per heavy atom. The number of halogens is 1. The predicted molar refractivity (Wildman–Crippen MR) is 147 cm³/mol. The van der Waals surface area contributed by atoms with Crippen molar-refractivity contribution in [1.82, 2.24) is 9.47 Å². The summed E-state index contributed by atoms with van der Waals surface area (Å²) in [4.78, 5) is 39.3. The third-order valence-electron chi connectivity index (χ3n) is 5.45. The minimum Gasteiger partial charge on any atom is -0.494 e. The van der Waals surface area contributed by atoms with Gasteiger partial charge in [-0.2, -0.15) is 0 Å². The maximum atomic E-state index is 13.0. The van der Waals surface area contributed by atoms with Gasteiger partial charge in [-0.05, 0) is 115 Å². The van der Waals surface area contributed by atoms with Crippen LogP contribution in [0.2, 0.25) is 0 Å². The maximum absolute atomic E-state index is 13.0. The van der Waals surface area contributed by atoms with Crippen LogP contribution >= 0.6 is 34.4 Å². The normalized spacial score (nSPS) is 14.6. The molecule has 7 nitrogen and oxygen atoms in total. The van der Waals surface area contributed by atoms with E-state index in [1.54, 1.807) is 30.3 Å². The second kappa shape index (κ2) is 10.7. The molecular weight excluding hydrogens is 577 g/mol. The second-order valence-corrected chi connectivity index (χ2v) is 10.2. The van der Waals surface area contributed by atoms with Gasteiger partial charge >= 0.3 is 0 Å². The van der Waals surface area contributed by atoms with Crippen molar-refractivity contribution in [2.75, 3.05) is 18.5 Å². The van der Waals surface area contributed by atoms with Crippen LogP contribution in [0.25, 0.3) is 11.8 Å². The minimum absolute atomic E-state index is 0.298. The fraction of sp³-hybridized carbons (Fsp3) is 0.192. The third-order valence-corrected chi connectivity index (χ3v) is 7.03. The highest BCUT2D eigenvalue weighted by Crippen LogP contribution is 2.34. The van der Waals surface area contributed by atoms with Crippen molar-refractivity contribution in [2.45, 2.75) is 20.8 Å². The predicted octanol–water partition coefficient (Wildman–Crippen LogP) is 5.77. The Labute approximate surface area is 221 Å². The molecule has 3 amide bonds. The van der Waals surface area contributed by atoms with Crippen LogP contribution in [0.5, 0.6) is 5.75 Å². The van der Waals surface area contributed by atoms with Gasteiger partial charge < -0.3 is 14.6 Å². The number of nitrogens with one attached hydrogen (secondary N) is 1. The van der Waals surface area contributed by atoms with Crippen molar-refractivity contribution in [3.63, 3.8) is 0 Å². The molecule has 0 atom stereocenters. The van der Waals surface area contributed by atoms with Crippen LogP contribution in [0.15, 0.2) is 59.5 Å². The van der Waals surface area contributed by atoms with E-state index in [2.05, 4.69) is 38.5 Å². The Morgan fingerprint density at radius 2 is 1.86 bits per heavy atom. The van der Waals surface area contributed by atoms with Crippen LogP contribution in [0, 0.1) is 17.4 Å². The molecule has 0 aliphatic carbocycles. The highest BCUT2D eigenvalue weighted by Gasteiger charge is 2.36. The molecule has 180 valence electrons. The van der Waals surface area contributed by atoms with E-state index in [0.29, 0.717) is 22.9 Å². The molecule has 9 heteroatoms. The first kappa shape index (κ1) is 25.1. The summed E-state index contributed by atoms with van der Waals surface area (Å²) in [5.41, 5.74) is 4.43. The van der Waals surface area contributed by atoms with Crippen molar-refractivity contribution in [1.29, 1.82) is 0 Å². The highest BCUT2D eigenvalue weighted by molar-refractivity contribution is 14.1. The Balaban J connectivity index is 1.48. The molecule has 35 heavy (non-hydrogen) atoms. The summed E-state index contributed by atoms with van der Waals surface area (Å²) in [5.74, 6) is -0.224. The molecule has 1 fully saturated rings. The topological polar surface area (TPSA) is 80.6 Å². The maximum Gasteiger partial charge on any atom is 0.294 e. The van der Waals surface area contributed by atoms with E-state index in [9.17, 15) is 14.4 Å². The molecule has 0 saturated carbocycles. The molecule has 1 aliphatic rings. The number of nitrogens with zero attached hydrogens (tertiary/aromatic N) is 2. The number of imide groups is 1. The lowest BCUT2D eigenvalue weighted by molar-refractivity contribution is -0.127. The Kier molecular flexibility index (Phi) is 7.66. The van der Waals surface area contributed by atoms with Gasteiger partial charge in [-0.3, -0.25) is 19.3 Å². The lowest BCUT2D eigenvalue weighted by Gasteiger charge is -2.12. The number of ether oxygens (including phenoxy) is 1. The lowest BCUT2D eigenvalue weighted by Crippen LogP contribution is -2.36. The number of aryl methyl sites for hydroxylation is 1. The molecule has 1 saturated heterocycles. The Morgan fingerprint density at radius 3 is 2.54 bits per heavy atom. The SMILES string of the molecule is CCOc1ccc(NC(=O)CN2C(=O)S/C(=C/c3cc(C)n(-c4cccc(I)c4)c3C)C2=O)cc1. The summed E-state index contributed by atoms with van der Waals surface area (Å²) in [6.07, 6.45) is 1.72. The zero-order valence-electron chi connectivity index (χ0n) is 19.5. The van der Waals surface area contributed by atoms with Gasteiger partial charge in [0.05, 0.1) is 11.5 Å². The molecular formula is C26H24IN3O4S. The van der Waals surface area contributed by atoms with E-state index in [1.165, 1.54) is 0 Å². The largest absolute Gasteiger partial charge is 0.494 e. The fourth-order valence-corrected chi connectivity index (χ4v) is 5.22. The first-order chi connectivity index (χ1) is 16.8. The van der Waals surface area contributed by atoms with Gasteiger partial charge in [0.1, 0.15) is 12.3 Å². The Hall–Kier alpha value is -3.05. The van der Waals surface area contributed by atoms with Crippen LogP contribution in [0.3, 0.4) is 0 Å². The van der Waals surface area contributed by atoms with Crippen LogP contribution in [0.4, 0.5) is 10.5 Å². The zero-order valence-corrected chi connectivity index (χ0v) is 22.5.